The summed E-state index contributed by atoms with van der Waals surface area (Å²) in [5, 5.41) is -2.40. The highest BCUT2D eigenvalue weighted by Crippen LogP contribution is 2.50. The fourth-order valence-electron chi connectivity index (χ4n) is 5.16. The van der Waals surface area contributed by atoms with Crippen molar-refractivity contribution in [1.29, 1.82) is 0 Å². The number of rotatable bonds is 14. The zero-order valence-corrected chi connectivity index (χ0v) is 27.0. The third-order valence-corrected chi connectivity index (χ3v) is 9.55. The van der Waals surface area contributed by atoms with Gasteiger partial charge in [0.15, 0.2) is 32.8 Å². The molecule has 0 bridgehead atoms. The monoisotopic (exact) mass is 630 g/mol. The van der Waals surface area contributed by atoms with Crippen LogP contribution in [0.15, 0.2) is 97.1 Å². The van der Waals surface area contributed by atoms with Crippen LogP contribution in [0.25, 0.3) is 12.2 Å². The van der Waals surface area contributed by atoms with Crippen LogP contribution < -0.4 is 28.4 Å². The smallest absolute Gasteiger partial charge is 0.203 e. The van der Waals surface area contributed by atoms with Gasteiger partial charge in [0, 0.05) is 11.1 Å². The lowest BCUT2D eigenvalue weighted by Crippen LogP contribution is -2.20. The summed E-state index contributed by atoms with van der Waals surface area (Å²) in [6.07, 6.45) is 6.88. The lowest BCUT2D eigenvalue weighted by Gasteiger charge is -2.26. The lowest BCUT2D eigenvalue weighted by molar-refractivity contribution is 0.322. The SMILES string of the molecule is COc1ccc(C(C=Cc2ccccc2)S(=O)(=O)C(C=Cc2ccccc2)c2ccc(OC)c(OC)c2OC)c(OC)c1OC. The molecule has 0 heterocycles. The van der Waals surface area contributed by atoms with Crippen molar-refractivity contribution in [1.82, 2.24) is 0 Å². The normalized spacial score (nSPS) is 12.9. The molecule has 236 valence electrons. The van der Waals surface area contributed by atoms with E-state index in [0.29, 0.717) is 22.6 Å². The van der Waals surface area contributed by atoms with Crippen LogP contribution in [-0.4, -0.2) is 51.1 Å². The highest BCUT2D eigenvalue weighted by molar-refractivity contribution is 7.92. The van der Waals surface area contributed by atoms with Crippen LogP contribution in [-0.2, 0) is 9.84 Å². The topological polar surface area (TPSA) is 89.5 Å². The van der Waals surface area contributed by atoms with Crippen LogP contribution in [0.1, 0.15) is 32.8 Å². The van der Waals surface area contributed by atoms with Crippen LogP contribution in [0, 0.1) is 0 Å². The number of hydrogen-bond donors (Lipinski definition) is 0. The van der Waals surface area contributed by atoms with E-state index < -0.39 is 20.3 Å². The zero-order valence-electron chi connectivity index (χ0n) is 26.2. The Balaban J connectivity index is 2.03. The molecule has 0 N–H and O–H groups in total. The summed E-state index contributed by atoms with van der Waals surface area (Å²) in [6.45, 7) is 0. The highest BCUT2D eigenvalue weighted by atomic mass is 32.2. The summed E-state index contributed by atoms with van der Waals surface area (Å²) >= 11 is 0. The minimum Gasteiger partial charge on any atom is -0.493 e. The molecule has 0 saturated carbocycles. The molecular formula is C36H38O8S. The van der Waals surface area contributed by atoms with Gasteiger partial charge < -0.3 is 28.4 Å². The van der Waals surface area contributed by atoms with Gasteiger partial charge in [-0.05, 0) is 35.4 Å². The Hall–Kier alpha value is -4.89. The first-order chi connectivity index (χ1) is 21.8. The zero-order chi connectivity index (χ0) is 32.4. The van der Waals surface area contributed by atoms with Crippen LogP contribution in [0.3, 0.4) is 0 Å². The van der Waals surface area contributed by atoms with Gasteiger partial charge in [-0.1, -0.05) is 85.0 Å². The molecule has 4 aromatic carbocycles. The van der Waals surface area contributed by atoms with E-state index >= 15 is 8.42 Å². The Kier molecular flexibility index (Phi) is 11.2. The molecule has 0 saturated heterocycles. The second-order valence-corrected chi connectivity index (χ2v) is 12.0. The van der Waals surface area contributed by atoms with Crippen molar-refractivity contribution in [3.63, 3.8) is 0 Å². The molecule has 2 unspecified atom stereocenters. The molecule has 0 aliphatic carbocycles. The minimum atomic E-state index is -4.19. The van der Waals surface area contributed by atoms with Gasteiger partial charge in [0.25, 0.3) is 0 Å². The molecule has 9 heteroatoms. The maximum Gasteiger partial charge on any atom is 0.203 e. The molecule has 0 aliphatic rings. The fourth-order valence-corrected chi connectivity index (χ4v) is 7.15. The third-order valence-electron chi connectivity index (χ3n) is 7.32. The second-order valence-electron chi connectivity index (χ2n) is 9.82. The van der Waals surface area contributed by atoms with Gasteiger partial charge in [0.1, 0.15) is 10.5 Å². The predicted octanol–water partition coefficient (Wildman–Crippen LogP) is 7.36. The summed E-state index contributed by atoms with van der Waals surface area (Å²) < 4.78 is 64.1. The summed E-state index contributed by atoms with van der Waals surface area (Å²) in [7, 11) is 4.72. The molecule has 4 aromatic rings. The molecule has 8 nitrogen and oxygen atoms in total. The van der Waals surface area contributed by atoms with Gasteiger partial charge in [-0.25, -0.2) is 8.42 Å². The largest absolute Gasteiger partial charge is 0.493 e. The Labute approximate surface area is 265 Å². The maximum atomic E-state index is 15.2. The van der Waals surface area contributed by atoms with Crippen molar-refractivity contribution in [2.75, 3.05) is 42.7 Å². The number of benzene rings is 4. The molecule has 0 spiro atoms. The third kappa shape index (κ3) is 7.10. The van der Waals surface area contributed by atoms with Gasteiger partial charge in [0.2, 0.25) is 11.5 Å². The van der Waals surface area contributed by atoms with Crippen molar-refractivity contribution in [3.8, 4) is 34.5 Å². The summed E-state index contributed by atoms with van der Waals surface area (Å²) in [4.78, 5) is 0. The molecule has 0 aromatic heterocycles. The number of sulfone groups is 1. The molecule has 0 fully saturated rings. The fraction of sp³-hybridized carbons (Fsp3) is 0.222. The molecule has 0 radical (unpaired) electrons. The number of methoxy groups -OCH3 is 6. The molecule has 2 atom stereocenters. The van der Waals surface area contributed by atoms with Crippen molar-refractivity contribution < 1.29 is 36.8 Å². The highest BCUT2D eigenvalue weighted by Gasteiger charge is 2.38. The van der Waals surface area contributed by atoms with E-state index in [-0.39, 0.29) is 23.0 Å². The van der Waals surface area contributed by atoms with Gasteiger partial charge >= 0.3 is 0 Å². The van der Waals surface area contributed by atoms with Gasteiger partial charge in [-0.3, -0.25) is 0 Å². The minimum absolute atomic E-state index is 0.244. The van der Waals surface area contributed by atoms with Gasteiger partial charge in [0.05, 0.1) is 42.7 Å². The van der Waals surface area contributed by atoms with E-state index in [1.54, 1.807) is 48.6 Å². The number of hydrogen-bond acceptors (Lipinski definition) is 8. The standard InChI is InChI=1S/C36H38O8S/c1-39-29-21-19-27(33(41-3)35(29)43-5)31(23-17-25-13-9-7-10-14-25)45(37,38)32(24-18-26-15-11-8-12-16-26)28-20-22-30(40-2)36(44-6)34(28)42-4/h7-24,31-32H,1-6H3. The van der Waals surface area contributed by atoms with Crippen LogP contribution in [0.2, 0.25) is 0 Å². The van der Waals surface area contributed by atoms with Crippen LogP contribution in [0.4, 0.5) is 0 Å². The van der Waals surface area contributed by atoms with E-state index in [2.05, 4.69) is 0 Å². The second kappa shape index (κ2) is 15.2. The first kappa shape index (κ1) is 33.0. The van der Waals surface area contributed by atoms with Gasteiger partial charge in [-0.15, -0.1) is 0 Å². The predicted molar refractivity (Wildman–Crippen MR) is 178 cm³/mol. The Morgan fingerprint density at radius 2 is 0.822 bits per heavy atom. The summed E-state index contributed by atoms with van der Waals surface area (Å²) in [5.41, 5.74) is 2.41. The molecule has 0 amide bonds. The van der Waals surface area contributed by atoms with Crippen LogP contribution in [0.5, 0.6) is 34.5 Å². The quantitative estimate of drug-likeness (QED) is 0.143. The average molecular weight is 631 g/mol. The number of ether oxygens (including phenoxy) is 6. The average Bonchev–Trinajstić information content (AvgIpc) is 3.08. The summed E-state index contributed by atoms with van der Waals surface area (Å²) in [6, 6.07) is 25.7. The van der Waals surface area contributed by atoms with E-state index in [0.717, 1.165) is 11.1 Å². The van der Waals surface area contributed by atoms with Crippen LogP contribution >= 0.6 is 0 Å². The van der Waals surface area contributed by atoms with Gasteiger partial charge in [-0.2, -0.15) is 0 Å². The lowest BCUT2D eigenvalue weighted by atomic mass is 10.1. The van der Waals surface area contributed by atoms with E-state index in [1.807, 2.05) is 60.7 Å². The Morgan fingerprint density at radius 1 is 0.467 bits per heavy atom. The molecule has 45 heavy (non-hydrogen) atoms. The molecule has 4 rings (SSSR count). The first-order valence-corrected chi connectivity index (χ1v) is 15.7. The maximum absolute atomic E-state index is 15.2. The van der Waals surface area contributed by atoms with Crippen molar-refractivity contribution in [2.45, 2.75) is 10.5 Å². The van der Waals surface area contributed by atoms with E-state index in [9.17, 15) is 0 Å². The van der Waals surface area contributed by atoms with E-state index in [4.69, 9.17) is 28.4 Å². The van der Waals surface area contributed by atoms with E-state index in [1.165, 1.54) is 42.7 Å². The van der Waals surface area contributed by atoms with Crippen molar-refractivity contribution in [2.24, 2.45) is 0 Å². The Bertz CT molecular complexity index is 1610. The first-order valence-electron chi connectivity index (χ1n) is 14.1. The summed E-state index contributed by atoms with van der Waals surface area (Å²) in [5.74, 6) is 1.87. The molecular weight excluding hydrogens is 592 g/mol. The Morgan fingerprint density at radius 3 is 1.13 bits per heavy atom. The van der Waals surface area contributed by atoms with Crippen molar-refractivity contribution >= 4 is 22.0 Å². The molecule has 0 aliphatic heterocycles. The van der Waals surface area contributed by atoms with Crippen molar-refractivity contribution in [3.05, 3.63) is 119 Å².